The highest BCUT2D eigenvalue weighted by Crippen LogP contribution is 2.58. The van der Waals surface area contributed by atoms with Crippen molar-refractivity contribution >= 4 is 67.9 Å². The van der Waals surface area contributed by atoms with Crippen molar-refractivity contribution in [3.05, 3.63) is 135 Å². The summed E-state index contributed by atoms with van der Waals surface area (Å²) in [5, 5.41) is 1.24. The van der Waals surface area contributed by atoms with Gasteiger partial charge in [0.15, 0.2) is 0 Å². The van der Waals surface area contributed by atoms with E-state index in [-0.39, 0.29) is 85.8 Å². The molecule has 5 aromatic carbocycles. The van der Waals surface area contributed by atoms with Crippen LogP contribution in [0, 0.1) is 0 Å². The Morgan fingerprint density at radius 1 is 0.414 bits per heavy atom. The van der Waals surface area contributed by atoms with Crippen molar-refractivity contribution in [3.63, 3.8) is 0 Å². The Hall–Kier alpha value is -4.54. The molecule has 0 amide bonds. The molecular weight excluding hydrogens is 864 g/mol. The molecule has 4 aliphatic carbocycles. The third kappa shape index (κ3) is 6.62. The molecule has 0 spiro atoms. The Morgan fingerprint density at radius 3 is 1.37 bits per heavy atom. The standard InChI is InChI=1S/C66H79BN2S/c1-59(2)26-28-61(5,6)46-36-42(22-24-44(46)59)68-51-39-49-48(63(9,10)30-31-64(49,11)12)38-50(51)67-55-52(68)34-41(40-20-18-17-19-21-40)35-53(55)69(43-23-25-45-47(37-43)62(7,8)29-27-60(45,3)4)58-56(67)54-57(70-58)66(15,16)33-32-65(54,13)14/h17-25,34-39H,26-33H2,1-16H3/i17D,18D,19D,20D,21D. The number of hydrogen-bond acceptors (Lipinski definition) is 3. The first-order valence-corrected chi connectivity index (χ1v) is 27.5. The number of fused-ring (bicyclic) bond motifs is 9. The monoisotopic (exact) mass is 948 g/mol. The van der Waals surface area contributed by atoms with Crippen LogP contribution < -0.4 is 26.2 Å². The predicted octanol–water partition coefficient (Wildman–Crippen LogP) is 16.9. The highest BCUT2D eigenvalue weighted by Gasteiger charge is 2.53. The van der Waals surface area contributed by atoms with Gasteiger partial charge in [-0.05, 0) is 204 Å². The Balaban J connectivity index is 1.28. The lowest BCUT2D eigenvalue weighted by Gasteiger charge is -2.48. The molecule has 0 fully saturated rings. The van der Waals surface area contributed by atoms with Gasteiger partial charge >= 0.3 is 0 Å². The maximum absolute atomic E-state index is 9.59. The van der Waals surface area contributed by atoms with Gasteiger partial charge in [0.1, 0.15) is 0 Å². The number of nitrogens with zero attached hydrogens (tertiary/aromatic N) is 2. The van der Waals surface area contributed by atoms with Gasteiger partial charge in [-0.1, -0.05) is 159 Å². The van der Waals surface area contributed by atoms with Gasteiger partial charge in [-0.15, -0.1) is 11.3 Å². The van der Waals surface area contributed by atoms with E-state index in [1.165, 1.54) is 70.9 Å². The molecule has 2 aliphatic heterocycles. The maximum Gasteiger partial charge on any atom is 0.253 e. The number of hydrogen-bond donors (Lipinski definition) is 0. The summed E-state index contributed by atoms with van der Waals surface area (Å²) in [6, 6.07) is 22.8. The summed E-state index contributed by atoms with van der Waals surface area (Å²) in [7, 11) is 0. The molecule has 362 valence electrons. The fourth-order valence-corrected chi connectivity index (χ4v) is 16.1. The van der Waals surface area contributed by atoms with Crippen molar-refractivity contribution < 1.29 is 6.85 Å². The van der Waals surface area contributed by atoms with E-state index >= 15 is 0 Å². The van der Waals surface area contributed by atoms with Crippen LogP contribution in [0.2, 0.25) is 0 Å². The van der Waals surface area contributed by atoms with Crippen LogP contribution in [0.15, 0.2) is 90.9 Å². The molecule has 0 atom stereocenters. The van der Waals surface area contributed by atoms with E-state index in [2.05, 4.69) is 181 Å². The van der Waals surface area contributed by atoms with E-state index in [1.807, 2.05) is 11.3 Å². The molecule has 0 unspecified atom stereocenters. The SMILES string of the molecule is [2H]c1c([2H])c([2H])c(-c2cc3c4c(c2)N(c2ccc5c(c2)C(C)(C)CCC5(C)C)c2sc5c(c2B4c2cc4c(cc2N3c2ccc3c(c2)C(C)(C)CCC3(C)C)C(C)(C)CCC4(C)C)C(C)(C)CCC5(C)C)c([2H])c1[2H]. The number of anilines is 6. The van der Waals surface area contributed by atoms with E-state index in [9.17, 15) is 2.74 Å². The van der Waals surface area contributed by atoms with Crippen LogP contribution in [0.25, 0.3) is 11.1 Å². The molecule has 3 heterocycles. The van der Waals surface area contributed by atoms with Gasteiger partial charge in [0.25, 0.3) is 6.71 Å². The second kappa shape index (κ2) is 14.6. The van der Waals surface area contributed by atoms with Crippen molar-refractivity contribution in [1.29, 1.82) is 0 Å². The van der Waals surface area contributed by atoms with E-state index in [4.69, 9.17) is 4.11 Å². The van der Waals surface area contributed by atoms with Crippen LogP contribution >= 0.6 is 11.3 Å². The Morgan fingerprint density at radius 2 is 0.843 bits per heavy atom. The maximum atomic E-state index is 9.59. The van der Waals surface area contributed by atoms with Crippen molar-refractivity contribution in [2.45, 2.75) is 205 Å². The van der Waals surface area contributed by atoms with Crippen molar-refractivity contribution in [2.75, 3.05) is 9.80 Å². The number of thiophene rings is 1. The van der Waals surface area contributed by atoms with Gasteiger partial charge in [-0.25, -0.2) is 0 Å². The highest BCUT2D eigenvalue weighted by molar-refractivity contribution is 7.20. The minimum Gasteiger partial charge on any atom is -0.311 e. The molecule has 0 radical (unpaired) electrons. The smallest absolute Gasteiger partial charge is 0.253 e. The second-order valence-electron chi connectivity index (χ2n) is 28.0. The molecular formula is C66H79BN2S. The third-order valence-corrected chi connectivity index (χ3v) is 21.1. The van der Waals surface area contributed by atoms with Crippen LogP contribution in [-0.4, -0.2) is 6.71 Å². The lowest BCUT2D eigenvalue weighted by atomic mass is 9.32. The number of rotatable bonds is 3. The van der Waals surface area contributed by atoms with Gasteiger partial charge in [0.2, 0.25) is 0 Å². The fraction of sp³-hybridized carbons (Fsp3) is 0.485. The molecule has 0 saturated heterocycles. The van der Waals surface area contributed by atoms with Gasteiger partial charge in [0, 0.05) is 33.3 Å². The molecule has 6 aromatic rings. The zero-order valence-electron chi connectivity index (χ0n) is 50.3. The molecule has 4 heteroatoms. The van der Waals surface area contributed by atoms with Crippen LogP contribution in [0.4, 0.5) is 33.4 Å². The fourth-order valence-electron chi connectivity index (χ4n) is 14.4. The summed E-state index contributed by atoms with van der Waals surface area (Å²) in [5.41, 5.74) is 19.9. The van der Waals surface area contributed by atoms with Gasteiger partial charge < -0.3 is 9.80 Å². The van der Waals surface area contributed by atoms with Crippen molar-refractivity contribution in [1.82, 2.24) is 0 Å². The lowest BCUT2D eigenvalue weighted by Crippen LogP contribution is -2.63. The van der Waals surface area contributed by atoms with Gasteiger partial charge in [-0.2, -0.15) is 0 Å². The van der Waals surface area contributed by atoms with Crippen molar-refractivity contribution in [2.24, 2.45) is 0 Å². The van der Waals surface area contributed by atoms with Crippen LogP contribution in [0.3, 0.4) is 0 Å². The molecule has 0 saturated carbocycles. The molecule has 70 heavy (non-hydrogen) atoms. The summed E-state index contributed by atoms with van der Waals surface area (Å²) >= 11 is 1.98. The molecule has 2 nitrogen and oxygen atoms in total. The van der Waals surface area contributed by atoms with E-state index < -0.39 is 0 Å². The molecule has 12 rings (SSSR count). The second-order valence-corrected chi connectivity index (χ2v) is 29.0. The Labute approximate surface area is 433 Å². The first-order valence-electron chi connectivity index (χ1n) is 29.2. The lowest BCUT2D eigenvalue weighted by molar-refractivity contribution is 0.332. The summed E-state index contributed by atoms with van der Waals surface area (Å²) in [5.74, 6) is 0. The Bertz CT molecular complexity index is 3470. The van der Waals surface area contributed by atoms with E-state index in [1.54, 1.807) is 0 Å². The quantitative estimate of drug-likeness (QED) is 0.163. The van der Waals surface area contributed by atoms with Crippen LogP contribution in [0.1, 0.15) is 213 Å². The average molecular weight is 948 g/mol. The zero-order valence-corrected chi connectivity index (χ0v) is 46.1. The number of benzene rings is 5. The topological polar surface area (TPSA) is 6.48 Å². The predicted molar refractivity (Wildman–Crippen MR) is 305 cm³/mol. The molecule has 1 aromatic heterocycles. The first kappa shape index (κ1) is 41.0. The minimum absolute atomic E-state index is 0.0250. The summed E-state index contributed by atoms with van der Waals surface area (Å²) in [4.78, 5) is 6.59. The summed E-state index contributed by atoms with van der Waals surface area (Å²) in [6.07, 6.45) is 8.83. The Kier molecular flexibility index (Phi) is 8.54. The molecule has 0 bridgehead atoms. The van der Waals surface area contributed by atoms with E-state index in [0.717, 1.165) is 74.1 Å². The van der Waals surface area contributed by atoms with Crippen LogP contribution in [0.5, 0.6) is 0 Å². The van der Waals surface area contributed by atoms with Gasteiger partial charge in [0.05, 0.1) is 11.9 Å². The van der Waals surface area contributed by atoms with Crippen LogP contribution in [-0.2, 0) is 43.3 Å². The minimum atomic E-state index is -0.376. The largest absolute Gasteiger partial charge is 0.311 e. The summed E-state index contributed by atoms with van der Waals surface area (Å²) < 4.78 is 46.0. The normalized spacial score (nSPS) is 23.7. The molecule has 0 N–H and O–H groups in total. The molecule has 6 aliphatic rings. The first-order chi connectivity index (χ1) is 34.7. The van der Waals surface area contributed by atoms with Crippen molar-refractivity contribution in [3.8, 4) is 11.1 Å². The summed E-state index contributed by atoms with van der Waals surface area (Å²) in [6.45, 7) is 38.8. The average Bonchev–Trinajstić information content (AvgIpc) is 3.84. The van der Waals surface area contributed by atoms with E-state index in [0.29, 0.717) is 5.56 Å². The highest BCUT2D eigenvalue weighted by atomic mass is 32.1. The van der Waals surface area contributed by atoms with Gasteiger partial charge in [-0.3, -0.25) is 0 Å². The zero-order chi connectivity index (χ0) is 54.0. The third-order valence-electron chi connectivity index (χ3n) is 19.5.